The highest BCUT2D eigenvalue weighted by Crippen LogP contribution is 2.31. The molecule has 2 amide bonds. The molecular formula is C23H27ClN2O2. The van der Waals surface area contributed by atoms with Gasteiger partial charge in [0.15, 0.2) is 0 Å². The van der Waals surface area contributed by atoms with Gasteiger partial charge in [0.1, 0.15) is 0 Å². The van der Waals surface area contributed by atoms with E-state index in [1.54, 1.807) is 6.07 Å². The van der Waals surface area contributed by atoms with E-state index in [-0.39, 0.29) is 29.7 Å². The van der Waals surface area contributed by atoms with Crippen LogP contribution in [-0.2, 0) is 9.59 Å². The summed E-state index contributed by atoms with van der Waals surface area (Å²) >= 11 is 5.97. The van der Waals surface area contributed by atoms with Crippen molar-refractivity contribution in [3.63, 3.8) is 0 Å². The number of benzene rings is 2. The van der Waals surface area contributed by atoms with E-state index in [0.717, 1.165) is 42.5 Å². The fourth-order valence-corrected chi connectivity index (χ4v) is 4.00. The Morgan fingerprint density at radius 3 is 2.18 bits per heavy atom. The summed E-state index contributed by atoms with van der Waals surface area (Å²) in [5.74, 6) is 0.0452. The average molecular weight is 399 g/mol. The molecule has 1 aliphatic carbocycles. The lowest BCUT2D eigenvalue weighted by Crippen LogP contribution is -2.36. The van der Waals surface area contributed by atoms with Gasteiger partial charge in [0.2, 0.25) is 11.8 Å². The van der Waals surface area contributed by atoms with Crippen LogP contribution >= 0.6 is 11.6 Å². The van der Waals surface area contributed by atoms with Crippen molar-refractivity contribution < 1.29 is 9.59 Å². The molecule has 4 nitrogen and oxygen atoms in total. The Morgan fingerprint density at radius 1 is 0.964 bits per heavy atom. The van der Waals surface area contributed by atoms with Gasteiger partial charge in [-0.1, -0.05) is 41.9 Å². The van der Waals surface area contributed by atoms with Gasteiger partial charge in [0.25, 0.3) is 0 Å². The summed E-state index contributed by atoms with van der Waals surface area (Å²) in [4.78, 5) is 25.2. The SMILES string of the molecule is Cc1cc(Cl)ccc1NC(=O)C1CCC(C(=O)NC(C)c2ccccc2)CC1. The number of carbonyl (C=O) groups excluding carboxylic acids is 2. The van der Waals surface area contributed by atoms with Crippen molar-refractivity contribution in [3.05, 3.63) is 64.7 Å². The third-order valence-corrected chi connectivity index (χ3v) is 5.81. The van der Waals surface area contributed by atoms with E-state index < -0.39 is 0 Å². The van der Waals surface area contributed by atoms with Gasteiger partial charge < -0.3 is 10.6 Å². The minimum absolute atomic E-state index is 0.0115. The van der Waals surface area contributed by atoms with Crippen molar-refractivity contribution in [1.82, 2.24) is 5.32 Å². The van der Waals surface area contributed by atoms with Crippen LogP contribution in [0.3, 0.4) is 0 Å². The second kappa shape index (κ2) is 9.24. The summed E-state index contributed by atoms with van der Waals surface area (Å²) in [5, 5.41) is 6.78. The van der Waals surface area contributed by atoms with Gasteiger partial charge in [-0.3, -0.25) is 9.59 Å². The van der Waals surface area contributed by atoms with Crippen LogP contribution < -0.4 is 10.6 Å². The van der Waals surface area contributed by atoms with Crippen LogP contribution in [0.2, 0.25) is 5.02 Å². The summed E-state index contributed by atoms with van der Waals surface area (Å²) in [6, 6.07) is 15.4. The summed E-state index contributed by atoms with van der Waals surface area (Å²) < 4.78 is 0. The smallest absolute Gasteiger partial charge is 0.227 e. The zero-order chi connectivity index (χ0) is 20.1. The van der Waals surface area contributed by atoms with Gasteiger partial charge in [-0.05, 0) is 68.9 Å². The molecule has 1 atom stereocenters. The van der Waals surface area contributed by atoms with Crippen LogP contribution in [0.5, 0.6) is 0 Å². The first-order valence-corrected chi connectivity index (χ1v) is 10.2. The predicted molar refractivity (Wildman–Crippen MR) is 113 cm³/mol. The Kier molecular flexibility index (Phi) is 6.74. The number of hydrogen-bond donors (Lipinski definition) is 2. The van der Waals surface area contributed by atoms with Crippen LogP contribution in [0.25, 0.3) is 0 Å². The monoisotopic (exact) mass is 398 g/mol. The summed E-state index contributed by atoms with van der Waals surface area (Å²) in [6.45, 7) is 3.93. The molecule has 0 heterocycles. The first kappa shape index (κ1) is 20.4. The zero-order valence-electron chi connectivity index (χ0n) is 16.4. The minimum Gasteiger partial charge on any atom is -0.349 e. The summed E-state index contributed by atoms with van der Waals surface area (Å²) in [6.07, 6.45) is 2.95. The fourth-order valence-electron chi connectivity index (χ4n) is 3.78. The maximum absolute atomic E-state index is 12.6. The normalized spacial score (nSPS) is 20.2. The lowest BCUT2D eigenvalue weighted by atomic mass is 9.81. The maximum atomic E-state index is 12.6. The molecule has 1 aliphatic rings. The highest BCUT2D eigenvalue weighted by Gasteiger charge is 2.30. The molecule has 1 saturated carbocycles. The zero-order valence-corrected chi connectivity index (χ0v) is 17.1. The number of carbonyl (C=O) groups is 2. The van der Waals surface area contributed by atoms with Gasteiger partial charge in [-0.2, -0.15) is 0 Å². The van der Waals surface area contributed by atoms with Crippen molar-refractivity contribution in [2.75, 3.05) is 5.32 Å². The third kappa shape index (κ3) is 5.14. The topological polar surface area (TPSA) is 58.2 Å². The van der Waals surface area contributed by atoms with E-state index in [1.165, 1.54) is 0 Å². The number of rotatable bonds is 5. The van der Waals surface area contributed by atoms with Crippen LogP contribution in [0, 0.1) is 18.8 Å². The molecule has 0 aliphatic heterocycles. The number of nitrogens with one attached hydrogen (secondary N) is 2. The standard InChI is InChI=1S/C23H27ClN2O2/c1-15-14-20(24)12-13-21(15)26-23(28)19-10-8-18(9-11-19)22(27)25-16(2)17-6-4-3-5-7-17/h3-7,12-14,16,18-19H,8-11H2,1-2H3,(H,25,27)(H,26,28). The van der Waals surface area contributed by atoms with Crippen LogP contribution in [-0.4, -0.2) is 11.8 Å². The first-order chi connectivity index (χ1) is 13.4. The first-order valence-electron chi connectivity index (χ1n) is 9.86. The molecule has 2 aromatic rings. The number of halogens is 1. The minimum atomic E-state index is -0.0503. The molecule has 0 aromatic heterocycles. The second-order valence-corrected chi connectivity index (χ2v) is 8.07. The molecule has 148 valence electrons. The molecular weight excluding hydrogens is 372 g/mol. The van der Waals surface area contributed by atoms with E-state index in [1.807, 2.05) is 56.3 Å². The van der Waals surface area contributed by atoms with Gasteiger partial charge >= 0.3 is 0 Å². The van der Waals surface area contributed by atoms with Crippen LogP contribution in [0.1, 0.15) is 49.8 Å². The molecule has 0 saturated heterocycles. The van der Waals surface area contributed by atoms with Crippen molar-refractivity contribution in [2.24, 2.45) is 11.8 Å². The van der Waals surface area contributed by atoms with Crippen molar-refractivity contribution in [1.29, 1.82) is 0 Å². The van der Waals surface area contributed by atoms with Gasteiger partial charge in [0, 0.05) is 22.5 Å². The molecule has 0 bridgehead atoms. The summed E-state index contributed by atoms with van der Waals surface area (Å²) in [5.41, 5.74) is 2.84. The quantitative estimate of drug-likeness (QED) is 0.720. The second-order valence-electron chi connectivity index (χ2n) is 7.64. The molecule has 1 fully saturated rings. The van der Waals surface area contributed by atoms with Gasteiger partial charge in [-0.15, -0.1) is 0 Å². The number of anilines is 1. The van der Waals surface area contributed by atoms with Gasteiger partial charge in [-0.25, -0.2) is 0 Å². The van der Waals surface area contributed by atoms with Crippen LogP contribution in [0.15, 0.2) is 48.5 Å². The third-order valence-electron chi connectivity index (χ3n) is 5.57. The molecule has 2 N–H and O–H groups in total. The predicted octanol–water partition coefficient (Wildman–Crippen LogP) is 5.27. The van der Waals surface area contributed by atoms with E-state index in [9.17, 15) is 9.59 Å². The largest absolute Gasteiger partial charge is 0.349 e. The maximum Gasteiger partial charge on any atom is 0.227 e. The van der Waals surface area contributed by atoms with Crippen molar-refractivity contribution in [3.8, 4) is 0 Å². The molecule has 1 unspecified atom stereocenters. The Balaban J connectivity index is 1.49. The molecule has 0 radical (unpaired) electrons. The number of amides is 2. The van der Waals surface area contributed by atoms with Crippen molar-refractivity contribution >= 4 is 29.1 Å². The highest BCUT2D eigenvalue weighted by atomic mass is 35.5. The Labute approximate surface area is 171 Å². The van der Waals surface area contributed by atoms with Crippen molar-refractivity contribution in [2.45, 2.75) is 45.6 Å². The van der Waals surface area contributed by atoms with Gasteiger partial charge in [0.05, 0.1) is 6.04 Å². The molecule has 28 heavy (non-hydrogen) atoms. The summed E-state index contributed by atoms with van der Waals surface area (Å²) in [7, 11) is 0. The number of hydrogen-bond acceptors (Lipinski definition) is 2. The molecule has 5 heteroatoms. The average Bonchev–Trinajstić information content (AvgIpc) is 2.70. The van der Waals surface area contributed by atoms with E-state index in [2.05, 4.69) is 10.6 Å². The number of aryl methyl sites for hydroxylation is 1. The fraction of sp³-hybridized carbons (Fsp3) is 0.391. The van der Waals surface area contributed by atoms with Crippen LogP contribution in [0.4, 0.5) is 5.69 Å². The Bertz CT molecular complexity index is 830. The Hall–Kier alpha value is -2.33. The molecule has 0 spiro atoms. The van der Waals surface area contributed by atoms with E-state index >= 15 is 0 Å². The highest BCUT2D eigenvalue weighted by molar-refractivity contribution is 6.30. The lowest BCUT2D eigenvalue weighted by molar-refractivity contribution is -0.129. The lowest BCUT2D eigenvalue weighted by Gasteiger charge is -2.28. The Morgan fingerprint density at radius 2 is 1.57 bits per heavy atom. The molecule has 3 rings (SSSR count). The van der Waals surface area contributed by atoms with E-state index in [4.69, 9.17) is 11.6 Å². The molecule has 2 aromatic carbocycles. The van der Waals surface area contributed by atoms with E-state index in [0.29, 0.717) is 5.02 Å².